The molecule has 3 atom stereocenters. The molecule has 3 heteroatoms. The number of unbranched alkanes of at least 4 members (excludes halogenated alkanes) is 1. The first-order valence-corrected chi connectivity index (χ1v) is 11.3. The topological polar surface area (TPSA) is 29.1 Å². The fourth-order valence-electron chi connectivity index (χ4n) is 4.92. The summed E-state index contributed by atoms with van der Waals surface area (Å²) in [6, 6.07) is 0. The van der Waals surface area contributed by atoms with Crippen LogP contribution in [0.5, 0.6) is 0 Å². The molecular weight excluding hydrogens is 314 g/mol. The van der Waals surface area contributed by atoms with Crippen LogP contribution in [-0.2, 0) is 4.79 Å². The van der Waals surface area contributed by atoms with Gasteiger partial charge < -0.3 is 5.32 Å². The van der Waals surface area contributed by atoms with Gasteiger partial charge in [0.15, 0.2) is 5.78 Å². The SMILES string of the molecule is CCCCC1CCCCC1CC(=O)C1=CSC(C2CCNCC2)C1. The summed E-state index contributed by atoms with van der Waals surface area (Å²) >= 11 is 1.95. The zero-order chi connectivity index (χ0) is 16.8. The standard InChI is InChI=1S/C21H35NOS/c1-2-3-6-16-7-4-5-8-18(16)13-20(23)19-14-21(24-15-19)17-9-11-22-12-10-17/h15-18,21-22H,2-14H2,1H3. The van der Waals surface area contributed by atoms with Gasteiger partial charge in [0.05, 0.1) is 0 Å². The zero-order valence-electron chi connectivity index (χ0n) is 15.4. The summed E-state index contributed by atoms with van der Waals surface area (Å²) in [5.41, 5.74) is 1.16. The molecule has 1 saturated heterocycles. The molecule has 1 aliphatic carbocycles. The predicted octanol–water partition coefficient (Wildman–Crippen LogP) is 5.33. The van der Waals surface area contributed by atoms with Crippen LogP contribution >= 0.6 is 11.8 Å². The number of carbonyl (C=O) groups excluding carboxylic acids is 1. The van der Waals surface area contributed by atoms with Crippen LogP contribution in [-0.4, -0.2) is 24.1 Å². The van der Waals surface area contributed by atoms with Gasteiger partial charge >= 0.3 is 0 Å². The van der Waals surface area contributed by atoms with E-state index in [1.807, 2.05) is 11.8 Å². The average molecular weight is 350 g/mol. The summed E-state index contributed by atoms with van der Waals surface area (Å²) in [5.74, 6) is 2.77. The van der Waals surface area contributed by atoms with Crippen molar-refractivity contribution in [1.82, 2.24) is 5.32 Å². The third-order valence-electron chi connectivity index (χ3n) is 6.52. The molecule has 2 aliphatic heterocycles. The van der Waals surface area contributed by atoms with Gasteiger partial charge in [-0.2, -0.15) is 0 Å². The second-order valence-corrected chi connectivity index (χ2v) is 9.30. The van der Waals surface area contributed by atoms with Gasteiger partial charge in [-0.05, 0) is 61.9 Å². The molecule has 0 amide bonds. The van der Waals surface area contributed by atoms with E-state index < -0.39 is 0 Å². The molecule has 3 rings (SSSR count). The molecule has 2 fully saturated rings. The van der Waals surface area contributed by atoms with Gasteiger partial charge in [-0.15, -0.1) is 11.8 Å². The number of ketones is 1. The van der Waals surface area contributed by atoms with Gasteiger partial charge in [0.2, 0.25) is 0 Å². The normalized spacial score (nSPS) is 31.9. The molecule has 136 valence electrons. The van der Waals surface area contributed by atoms with Crippen LogP contribution in [0.25, 0.3) is 0 Å². The molecular formula is C21H35NOS. The maximum absolute atomic E-state index is 12.9. The Labute approximate surface area is 152 Å². The Morgan fingerprint density at radius 1 is 1.17 bits per heavy atom. The predicted molar refractivity (Wildman–Crippen MR) is 104 cm³/mol. The van der Waals surface area contributed by atoms with Crippen LogP contribution in [0, 0.1) is 17.8 Å². The second-order valence-electron chi connectivity index (χ2n) is 8.18. The van der Waals surface area contributed by atoms with E-state index in [2.05, 4.69) is 17.6 Å². The molecule has 3 unspecified atom stereocenters. The highest BCUT2D eigenvalue weighted by Gasteiger charge is 2.32. The molecule has 2 heterocycles. The molecule has 0 aromatic heterocycles. The lowest BCUT2D eigenvalue weighted by Gasteiger charge is -2.31. The Morgan fingerprint density at radius 2 is 1.92 bits per heavy atom. The Bertz CT molecular complexity index is 441. The Hall–Kier alpha value is -0.280. The minimum absolute atomic E-state index is 0.479. The van der Waals surface area contributed by atoms with Crippen LogP contribution in [0.2, 0.25) is 0 Å². The molecule has 1 saturated carbocycles. The summed E-state index contributed by atoms with van der Waals surface area (Å²) < 4.78 is 0. The van der Waals surface area contributed by atoms with Gasteiger partial charge in [0.25, 0.3) is 0 Å². The maximum Gasteiger partial charge on any atom is 0.159 e. The fraction of sp³-hybridized carbons (Fsp3) is 0.857. The largest absolute Gasteiger partial charge is 0.317 e. The fourth-order valence-corrected chi connectivity index (χ4v) is 6.26. The summed E-state index contributed by atoms with van der Waals surface area (Å²) in [6.07, 6.45) is 13.8. The van der Waals surface area contributed by atoms with E-state index in [1.54, 1.807) is 0 Å². The van der Waals surface area contributed by atoms with Crippen molar-refractivity contribution < 1.29 is 4.79 Å². The van der Waals surface area contributed by atoms with Crippen LogP contribution < -0.4 is 5.32 Å². The Balaban J connectivity index is 1.49. The van der Waals surface area contributed by atoms with Crippen LogP contribution in [0.3, 0.4) is 0 Å². The average Bonchev–Trinajstić information content (AvgIpc) is 3.12. The number of thioether (sulfide) groups is 1. The van der Waals surface area contributed by atoms with E-state index >= 15 is 0 Å². The Morgan fingerprint density at radius 3 is 2.67 bits per heavy atom. The van der Waals surface area contributed by atoms with E-state index in [0.29, 0.717) is 17.0 Å². The summed E-state index contributed by atoms with van der Waals surface area (Å²) in [6.45, 7) is 4.60. The summed E-state index contributed by atoms with van der Waals surface area (Å²) in [5, 5.41) is 6.35. The number of allylic oxidation sites excluding steroid dienone is 1. The molecule has 3 aliphatic rings. The molecule has 0 spiro atoms. The summed E-state index contributed by atoms with van der Waals surface area (Å²) in [7, 11) is 0. The minimum atomic E-state index is 0.479. The van der Waals surface area contributed by atoms with E-state index in [1.165, 1.54) is 57.8 Å². The van der Waals surface area contributed by atoms with Gasteiger partial charge in [-0.25, -0.2) is 0 Å². The van der Waals surface area contributed by atoms with Crippen LogP contribution in [0.1, 0.15) is 77.6 Å². The van der Waals surface area contributed by atoms with Crippen LogP contribution in [0.15, 0.2) is 11.0 Å². The monoisotopic (exact) mass is 349 g/mol. The lowest BCUT2D eigenvalue weighted by molar-refractivity contribution is -0.117. The van der Waals surface area contributed by atoms with Crippen molar-refractivity contribution >= 4 is 17.5 Å². The van der Waals surface area contributed by atoms with Crippen molar-refractivity contribution in [2.45, 2.75) is 82.8 Å². The van der Waals surface area contributed by atoms with Crippen molar-refractivity contribution in [1.29, 1.82) is 0 Å². The first kappa shape index (κ1) is 18.5. The smallest absolute Gasteiger partial charge is 0.159 e. The number of hydrogen-bond donors (Lipinski definition) is 1. The molecule has 0 aromatic carbocycles. The molecule has 0 radical (unpaired) electrons. The summed E-state index contributed by atoms with van der Waals surface area (Å²) in [4.78, 5) is 12.9. The van der Waals surface area contributed by atoms with E-state index in [4.69, 9.17) is 0 Å². The molecule has 0 aromatic rings. The highest BCUT2D eigenvalue weighted by atomic mass is 32.2. The van der Waals surface area contributed by atoms with E-state index in [9.17, 15) is 4.79 Å². The highest BCUT2D eigenvalue weighted by molar-refractivity contribution is 8.03. The quantitative estimate of drug-likeness (QED) is 0.673. The number of hydrogen-bond acceptors (Lipinski definition) is 3. The van der Waals surface area contributed by atoms with Crippen molar-refractivity contribution in [2.75, 3.05) is 13.1 Å². The second kappa shape index (κ2) is 9.43. The molecule has 2 nitrogen and oxygen atoms in total. The molecule has 0 bridgehead atoms. The number of piperidine rings is 1. The first-order valence-electron chi connectivity index (χ1n) is 10.4. The number of carbonyl (C=O) groups is 1. The lowest BCUT2D eigenvalue weighted by Crippen LogP contribution is -2.32. The number of Topliss-reactive ketones (excluding diaryl/α,β-unsaturated/α-hetero) is 1. The first-order chi connectivity index (χ1) is 11.8. The van der Waals surface area contributed by atoms with Crippen molar-refractivity contribution in [3.8, 4) is 0 Å². The van der Waals surface area contributed by atoms with Crippen LogP contribution in [0.4, 0.5) is 0 Å². The number of nitrogens with one attached hydrogen (secondary N) is 1. The van der Waals surface area contributed by atoms with Crippen molar-refractivity contribution in [3.63, 3.8) is 0 Å². The van der Waals surface area contributed by atoms with Gasteiger partial charge in [0, 0.05) is 17.2 Å². The van der Waals surface area contributed by atoms with E-state index in [-0.39, 0.29) is 0 Å². The highest BCUT2D eigenvalue weighted by Crippen LogP contribution is 2.41. The van der Waals surface area contributed by atoms with Gasteiger partial charge in [-0.3, -0.25) is 4.79 Å². The Kier molecular flexibility index (Phi) is 7.27. The van der Waals surface area contributed by atoms with Crippen molar-refractivity contribution in [2.24, 2.45) is 17.8 Å². The third-order valence-corrected chi connectivity index (χ3v) is 7.84. The number of rotatable bonds is 7. The van der Waals surface area contributed by atoms with Gasteiger partial charge in [0.1, 0.15) is 0 Å². The lowest BCUT2D eigenvalue weighted by atomic mass is 9.74. The van der Waals surface area contributed by atoms with Crippen molar-refractivity contribution in [3.05, 3.63) is 11.0 Å². The zero-order valence-corrected chi connectivity index (χ0v) is 16.2. The maximum atomic E-state index is 12.9. The molecule has 24 heavy (non-hydrogen) atoms. The minimum Gasteiger partial charge on any atom is -0.317 e. The van der Waals surface area contributed by atoms with E-state index in [0.717, 1.165) is 43.3 Å². The third kappa shape index (κ3) is 4.88. The molecule has 1 N–H and O–H groups in total. The van der Waals surface area contributed by atoms with Gasteiger partial charge in [-0.1, -0.05) is 45.4 Å².